The molecular formula is C14H13N3O3S. The predicted octanol–water partition coefficient (Wildman–Crippen LogP) is 2.06. The first-order chi connectivity index (χ1) is 10.1. The predicted molar refractivity (Wildman–Crippen MR) is 79.8 cm³/mol. The summed E-state index contributed by atoms with van der Waals surface area (Å²) in [5, 5.41) is 0.458. The molecule has 3 rings (SSSR count). The first-order valence-corrected chi connectivity index (χ1v) is 7.26. The molecule has 6 nitrogen and oxygen atoms in total. The third kappa shape index (κ3) is 2.15. The van der Waals surface area contributed by atoms with Crippen LogP contribution < -0.4 is 5.56 Å². The zero-order valence-corrected chi connectivity index (χ0v) is 12.4. The Bertz CT molecular complexity index is 862. The van der Waals surface area contributed by atoms with E-state index in [1.165, 1.54) is 22.3 Å². The minimum absolute atomic E-state index is 0.208. The van der Waals surface area contributed by atoms with E-state index in [2.05, 4.69) is 4.98 Å². The van der Waals surface area contributed by atoms with E-state index in [-0.39, 0.29) is 5.56 Å². The highest BCUT2D eigenvalue weighted by Gasteiger charge is 2.20. The minimum atomic E-state index is -0.412. The molecule has 0 N–H and O–H groups in total. The van der Waals surface area contributed by atoms with Crippen LogP contribution in [0.5, 0.6) is 0 Å². The summed E-state index contributed by atoms with van der Waals surface area (Å²) in [4.78, 5) is 29.8. The summed E-state index contributed by atoms with van der Waals surface area (Å²) in [6, 6.07) is 3.64. The maximum Gasteiger partial charge on any atom is 0.348 e. The van der Waals surface area contributed by atoms with E-state index in [0.717, 1.165) is 0 Å². The van der Waals surface area contributed by atoms with Crippen molar-refractivity contribution >= 4 is 27.5 Å². The molecular weight excluding hydrogens is 290 g/mol. The Morgan fingerprint density at radius 2 is 2.10 bits per heavy atom. The number of aryl methyl sites for hydroxylation is 1. The van der Waals surface area contributed by atoms with Crippen molar-refractivity contribution in [2.45, 2.75) is 13.8 Å². The van der Waals surface area contributed by atoms with Crippen molar-refractivity contribution in [1.82, 2.24) is 14.3 Å². The minimum Gasteiger partial charge on any atom is -0.462 e. The van der Waals surface area contributed by atoms with Gasteiger partial charge in [0.05, 0.1) is 12.0 Å². The van der Waals surface area contributed by atoms with Crippen molar-refractivity contribution in [3.63, 3.8) is 0 Å². The van der Waals surface area contributed by atoms with Crippen LogP contribution in [0.1, 0.15) is 22.2 Å². The van der Waals surface area contributed by atoms with Gasteiger partial charge in [0, 0.05) is 12.4 Å². The third-order valence-electron chi connectivity index (χ3n) is 3.13. The summed E-state index contributed by atoms with van der Waals surface area (Å²) in [7, 11) is 0. The van der Waals surface area contributed by atoms with E-state index in [0.29, 0.717) is 27.3 Å². The second-order valence-corrected chi connectivity index (χ2v) is 5.41. The largest absolute Gasteiger partial charge is 0.462 e. The number of hydrogen-bond donors (Lipinski definition) is 0. The quantitative estimate of drug-likeness (QED) is 0.695. The van der Waals surface area contributed by atoms with Gasteiger partial charge in [-0.2, -0.15) is 0 Å². The highest BCUT2D eigenvalue weighted by molar-refractivity contribution is 7.20. The molecule has 108 valence electrons. The summed E-state index contributed by atoms with van der Waals surface area (Å²) in [5.74, 6) is -0.412. The fraction of sp³-hybridized carbons (Fsp3) is 0.214. The molecule has 7 heteroatoms. The van der Waals surface area contributed by atoms with Gasteiger partial charge in [0.15, 0.2) is 0 Å². The molecule has 0 aliphatic carbocycles. The number of aromatic nitrogens is 3. The fourth-order valence-electron chi connectivity index (χ4n) is 2.14. The van der Waals surface area contributed by atoms with Crippen LogP contribution in [0, 0.1) is 6.92 Å². The van der Waals surface area contributed by atoms with Crippen LogP contribution >= 0.6 is 11.3 Å². The Hall–Kier alpha value is -2.41. The van der Waals surface area contributed by atoms with Gasteiger partial charge in [-0.1, -0.05) is 0 Å². The van der Waals surface area contributed by atoms with E-state index in [9.17, 15) is 9.59 Å². The number of thiophene rings is 1. The van der Waals surface area contributed by atoms with Crippen LogP contribution in [0.2, 0.25) is 0 Å². The number of hydrogen-bond acceptors (Lipinski definition) is 5. The Labute approximate surface area is 124 Å². The van der Waals surface area contributed by atoms with Crippen LogP contribution in [0.3, 0.4) is 0 Å². The molecule has 0 unspecified atom stereocenters. The summed E-state index contributed by atoms with van der Waals surface area (Å²) in [6.45, 7) is 3.79. The number of ether oxygens (including phenoxy) is 1. The number of rotatable bonds is 3. The topological polar surface area (TPSA) is 66.1 Å². The van der Waals surface area contributed by atoms with Crippen LogP contribution in [0.25, 0.3) is 10.2 Å². The molecule has 0 amide bonds. The molecule has 3 heterocycles. The van der Waals surface area contributed by atoms with Crippen molar-refractivity contribution < 1.29 is 9.53 Å². The third-order valence-corrected chi connectivity index (χ3v) is 4.31. The first-order valence-electron chi connectivity index (χ1n) is 6.45. The van der Waals surface area contributed by atoms with Crippen molar-refractivity contribution in [2.75, 3.05) is 6.61 Å². The van der Waals surface area contributed by atoms with Gasteiger partial charge in [-0.05, 0) is 31.5 Å². The second-order valence-electron chi connectivity index (χ2n) is 4.41. The Morgan fingerprint density at radius 3 is 2.76 bits per heavy atom. The Kier molecular flexibility index (Phi) is 3.34. The van der Waals surface area contributed by atoms with Crippen LogP contribution in [0.4, 0.5) is 0 Å². The van der Waals surface area contributed by atoms with Crippen molar-refractivity contribution in [1.29, 1.82) is 0 Å². The van der Waals surface area contributed by atoms with Crippen molar-refractivity contribution in [2.24, 2.45) is 0 Å². The van der Waals surface area contributed by atoms with E-state index >= 15 is 0 Å². The maximum absolute atomic E-state index is 12.6. The molecule has 0 saturated heterocycles. The van der Waals surface area contributed by atoms with Gasteiger partial charge in [0.2, 0.25) is 0 Å². The average molecular weight is 303 g/mol. The van der Waals surface area contributed by atoms with Gasteiger partial charge in [-0.3, -0.25) is 9.47 Å². The van der Waals surface area contributed by atoms with E-state index in [1.807, 2.05) is 12.1 Å². The molecule has 0 fully saturated rings. The number of nitrogens with zero attached hydrogens (tertiary/aromatic N) is 3. The SMILES string of the molecule is CCOC(=O)c1sc2ncn(-n3cccc3)c(=O)c2c1C. The number of fused-ring (bicyclic) bond motifs is 1. The number of carbonyl (C=O) groups excluding carboxylic acids is 1. The van der Waals surface area contributed by atoms with Gasteiger partial charge >= 0.3 is 5.97 Å². The molecule has 0 bridgehead atoms. The lowest BCUT2D eigenvalue weighted by atomic mass is 10.2. The van der Waals surface area contributed by atoms with Gasteiger partial charge in [0.1, 0.15) is 16.0 Å². The second kappa shape index (κ2) is 5.17. The molecule has 0 aliphatic heterocycles. The monoisotopic (exact) mass is 303 g/mol. The van der Waals surface area contributed by atoms with Crippen LogP contribution in [0.15, 0.2) is 35.6 Å². The molecule has 0 aliphatic rings. The van der Waals surface area contributed by atoms with E-state index in [1.54, 1.807) is 30.9 Å². The van der Waals surface area contributed by atoms with Gasteiger partial charge in [-0.25, -0.2) is 14.5 Å². The maximum atomic E-state index is 12.6. The number of esters is 1. The highest BCUT2D eigenvalue weighted by Crippen LogP contribution is 2.27. The van der Waals surface area contributed by atoms with Gasteiger partial charge < -0.3 is 4.74 Å². The summed E-state index contributed by atoms with van der Waals surface area (Å²) in [5.41, 5.74) is 0.410. The molecule has 0 radical (unpaired) electrons. The van der Waals surface area contributed by atoms with Crippen molar-refractivity contribution in [3.8, 4) is 0 Å². The summed E-state index contributed by atoms with van der Waals surface area (Å²) >= 11 is 1.18. The molecule has 0 aromatic carbocycles. The van der Waals surface area contributed by atoms with E-state index in [4.69, 9.17) is 4.74 Å². The fourth-order valence-corrected chi connectivity index (χ4v) is 3.17. The van der Waals surface area contributed by atoms with Crippen LogP contribution in [-0.2, 0) is 4.74 Å². The number of carbonyl (C=O) groups is 1. The zero-order valence-electron chi connectivity index (χ0n) is 11.6. The highest BCUT2D eigenvalue weighted by atomic mass is 32.1. The van der Waals surface area contributed by atoms with Crippen molar-refractivity contribution in [3.05, 3.63) is 51.6 Å². The zero-order chi connectivity index (χ0) is 15.0. The molecule has 0 spiro atoms. The molecule has 21 heavy (non-hydrogen) atoms. The lowest BCUT2D eigenvalue weighted by molar-refractivity contribution is 0.0531. The smallest absolute Gasteiger partial charge is 0.348 e. The first kappa shape index (κ1) is 13.6. The molecule has 3 aromatic heterocycles. The Morgan fingerprint density at radius 1 is 1.38 bits per heavy atom. The average Bonchev–Trinajstić information content (AvgIpc) is 3.08. The van der Waals surface area contributed by atoms with Gasteiger partial charge in [-0.15, -0.1) is 11.3 Å². The van der Waals surface area contributed by atoms with Crippen LogP contribution in [-0.4, -0.2) is 26.9 Å². The van der Waals surface area contributed by atoms with Gasteiger partial charge in [0.25, 0.3) is 5.56 Å². The molecule has 0 atom stereocenters. The lowest BCUT2D eigenvalue weighted by Crippen LogP contribution is -2.25. The summed E-state index contributed by atoms with van der Waals surface area (Å²) in [6.07, 6.45) is 4.96. The molecule has 3 aromatic rings. The van der Waals surface area contributed by atoms with E-state index < -0.39 is 5.97 Å². The normalized spacial score (nSPS) is 11.0. The standard InChI is InChI=1S/C14H13N3O3S/c1-3-20-14(19)11-9(2)10-12(21-11)15-8-17(13(10)18)16-6-4-5-7-16/h4-8H,3H2,1-2H3. The summed E-state index contributed by atoms with van der Waals surface area (Å²) < 4.78 is 8.04. The Balaban J connectivity index is 2.23. The lowest BCUT2D eigenvalue weighted by Gasteiger charge is -2.05. The molecule has 0 saturated carbocycles.